The van der Waals surface area contributed by atoms with Crippen LogP contribution in [0.4, 0.5) is 0 Å². The molecule has 1 unspecified atom stereocenters. The maximum Gasteiger partial charge on any atom is 0.239 e. The lowest BCUT2D eigenvalue weighted by Gasteiger charge is -2.07. The number of hydrogen-bond donors (Lipinski definition) is 1. The fourth-order valence-corrected chi connectivity index (χ4v) is 4.13. The van der Waals surface area contributed by atoms with Crippen molar-refractivity contribution in [2.45, 2.75) is 19.1 Å². The molecule has 26 heavy (non-hydrogen) atoms. The molecule has 1 fully saturated rings. The first kappa shape index (κ1) is 16.8. The number of rotatable bonds is 3. The van der Waals surface area contributed by atoms with Crippen LogP contribution in [-0.2, 0) is 4.79 Å². The van der Waals surface area contributed by atoms with E-state index in [1.165, 1.54) is 22.5 Å². The molecule has 0 aliphatic carbocycles. The number of nitrogens with one attached hydrogen (secondary N) is 1. The molecule has 0 aromatic heterocycles. The normalized spacial score (nSPS) is 19.3. The number of carbonyl (C=O) groups excluding carboxylic acids is 1. The summed E-state index contributed by atoms with van der Waals surface area (Å²) in [6, 6.07) is 18.7. The van der Waals surface area contributed by atoms with Crippen molar-refractivity contribution in [1.29, 1.82) is 0 Å². The molecule has 4 nitrogen and oxygen atoms in total. The molecule has 3 aromatic carbocycles. The van der Waals surface area contributed by atoms with E-state index < -0.39 is 0 Å². The van der Waals surface area contributed by atoms with Gasteiger partial charge in [0.15, 0.2) is 5.17 Å². The second kappa shape index (κ2) is 6.92. The first-order valence-corrected chi connectivity index (χ1v) is 9.50. The molecular weight excluding hydrogens is 342 g/mol. The van der Waals surface area contributed by atoms with E-state index >= 15 is 0 Å². The highest BCUT2D eigenvalue weighted by atomic mass is 32.2. The fraction of sp³-hybridized carbons (Fsp3) is 0.190. The van der Waals surface area contributed by atoms with Gasteiger partial charge in [-0.15, -0.1) is 5.10 Å². The first-order chi connectivity index (χ1) is 12.6. The van der Waals surface area contributed by atoms with Crippen LogP contribution in [0.25, 0.3) is 21.5 Å². The van der Waals surface area contributed by atoms with E-state index in [1.54, 1.807) is 6.21 Å². The highest BCUT2D eigenvalue weighted by Crippen LogP contribution is 2.28. The zero-order valence-corrected chi connectivity index (χ0v) is 15.5. The number of benzene rings is 3. The molecule has 1 N–H and O–H groups in total. The summed E-state index contributed by atoms with van der Waals surface area (Å²) >= 11 is 1.44. The third-order valence-corrected chi connectivity index (χ3v) is 5.90. The van der Waals surface area contributed by atoms with Crippen molar-refractivity contribution in [2.24, 2.45) is 16.1 Å². The van der Waals surface area contributed by atoms with Gasteiger partial charge in [-0.2, -0.15) is 5.10 Å². The third kappa shape index (κ3) is 3.10. The molecule has 1 aliphatic rings. The molecule has 1 heterocycles. The van der Waals surface area contributed by atoms with Crippen molar-refractivity contribution in [3.8, 4) is 0 Å². The number of hydrogen-bond acceptors (Lipinski definition) is 4. The predicted octanol–water partition coefficient (Wildman–Crippen LogP) is 4.57. The highest BCUT2D eigenvalue weighted by molar-refractivity contribution is 8.15. The maximum absolute atomic E-state index is 11.9. The SMILES string of the molecule is CC(C)C1S/C(=N/N=C/c2c3ccccc3cc3ccccc23)NC1=O. The van der Waals surface area contributed by atoms with Gasteiger partial charge in [0, 0.05) is 5.56 Å². The average molecular weight is 361 g/mol. The van der Waals surface area contributed by atoms with Gasteiger partial charge in [-0.25, -0.2) is 0 Å². The van der Waals surface area contributed by atoms with Gasteiger partial charge in [0.25, 0.3) is 0 Å². The molecular formula is C21H19N3OS. The predicted molar refractivity (Wildman–Crippen MR) is 111 cm³/mol. The summed E-state index contributed by atoms with van der Waals surface area (Å²) in [5, 5.41) is 16.4. The summed E-state index contributed by atoms with van der Waals surface area (Å²) in [5.74, 6) is 0.272. The first-order valence-electron chi connectivity index (χ1n) is 8.62. The lowest BCUT2D eigenvalue weighted by Crippen LogP contribution is -2.27. The lowest BCUT2D eigenvalue weighted by molar-refractivity contribution is -0.119. The molecule has 1 saturated heterocycles. The largest absolute Gasteiger partial charge is 0.303 e. The molecule has 130 valence electrons. The molecule has 1 aliphatic heterocycles. The summed E-state index contributed by atoms with van der Waals surface area (Å²) in [5.41, 5.74) is 1.04. The number of fused-ring (bicyclic) bond motifs is 2. The number of carbonyl (C=O) groups is 1. The topological polar surface area (TPSA) is 53.8 Å². The Labute approximate surface area is 156 Å². The Morgan fingerprint density at radius 2 is 1.65 bits per heavy atom. The second-order valence-electron chi connectivity index (χ2n) is 6.65. The van der Waals surface area contributed by atoms with Gasteiger partial charge in [0.1, 0.15) is 0 Å². The smallest absolute Gasteiger partial charge is 0.239 e. The summed E-state index contributed by atoms with van der Waals surface area (Å²) < 4.78 is 0. The van der Waals surface area contributed by atoms with Gasteiger partial charge in [-0.3, -0.25) is 4.79 Å². The third-order valence-electron chi connectivity index (χ3n) is 4.48. The van der Waals surface area contributed by atoms with E-state index in [1.807, 2.05) is 38.1 Å². The van der Waals surface area contributed by atoms with Crippen LogP contribution in [0, 0.1) is 5.92 Å². The maximum atomic E-state index is 11.9. The number of thioether (sulfide) groups is 1. The van der Waals surface area contributed by atoms with Gasteiger partial charge in [0.05, 0.1) is 11.5 Å². The van der Waals surface area contributed by atoms with Crippen LogP contribution >= 0.6 is 11.8 Å². The summed E-state index contributed by atoms with van der Waals surface area (Å²) in [4.78, 5) is 11.9. The minimum Gasteiger partial charge on any atom is -0.303 e. The molecule has 5 heteroatoms. The van der Waals surface area contributed by atoms with E-state index in [2.05, 4.69) is 45.9 Å². The fourth-order valence-electron chi connectivity index (χ4n) is 3.19. The molecule has 0 bridgehead atoms. The molecule has 3 aromatic rings. The van der Waals surface area contributed by atoms with Gasteiger partial charge in [-0.05, 0) is 33.5 Å². The standard InChI is InChI=1S/C21H19N3OS/c1-13(2)19-20(25)23-21(26-19)24-22-12-18-16-9-5-3-7-14(16)11-15-8-4-6-10-17(15)18/h3-13,19H,1-2H3,(H,23,24,25)/b22-12+. The van der Waals surface area contributed by atoms with E-state index in [0.29, 0.717) is 5.17 Å². The van der Waals surface area contributed by atoms with E-state index in [4.69, 9.17) is 0 Å². The van der Waals surface area contributed by atoms with Crippen LogP contribution < -0.4 is 5.32 Å². The van der Waals surface area contributed by atoms with Crippen molar-refractivity contribution in [1.82, 2.24) is 5.32 Å². The summed E-state index contributed by atoms with van der Waals surface area (Å²) in [6.45, 7) is 4.07. The summed E-state index contributed by atoms with van der Waals surface area (Å²) in [7, 11) is 0. The van der Waals surface area contributed by atoms with Crippen LogP contribution in [0.15, 0.2) is 64.8 Å². The molecule has 0 saturated carbocycles. The zero-order valence-electron chi connectivity index (χ0n) is 14.6. The Morgan fingerprint density at radius 3 is 2.23 bits per heavy atom. The number of nitrogens with zero attached hydrogens (tertiary/aromatic N) is 2. The van der Waals surface area contributed by atoms with Crippen molar-refractivity contribution >= 4 is 50.6 Å². The second-order valence-corrected chi connectivity index (χ2v) is 7.78. The van der Waals surface area contributed by atoms with E-state index in [-0.39, 0.29) is 17.1 Å². The zero-order chi connectivity index (χ0) is 18.1. The van der Waals surface area contributed by atoms with Crippen LogP contribution in [0.3, 0.4) is 0 Å². The van der Waals surface area contributed by atoms with E-state index in [0.717, 1.165) is 16.3 Å². The van der Waals surface area contributed by atoms with Crippen LogP contribution in [0.1, 0.15) is 19.4 Å². The van der Waals surface area contributed by atoms with Crippen molar-refractivity contribution in [3.05, 3.63) is 60.2 Å². The Hall–Kier alpha value is -2.66. The molecule has 1 atom stereocenters. The van der Waals surface area contributed by atoms with Crippen molar-refractivity contribution in [3.63, 3.8) is 0 Å². The van der Waals surface area contributed by atoms with Crippen LogP contribution in [-0.4, -0.2) is 22.5 Å². The monoisotopic (exact) mass is 361 g/mol. The van der Waals surface area contributed by atoms with Gasteiger partial charge < -0.3 is 5.32 Å². The molecule has 0 spiro atoms. The minimum absolute atomic E-state index is 0.00885. The Balaban J connectivity index is 1.73. The van der Waals surface area contributed by atoms with Crippen LogP contribution in [0.2, 0.25) is 0 Å². The Morgan fingerprint density at radius 1 is 1.04 bits per heavy atom. The minimum atomic E-state index is -0.0951. The van der Waals surface area contributed by atoms with Crippen LogP contribution in [0.5, 0.6) is 0 Å². The Bertz CT molecular complexity index is 1000. The average Bonchev–Trinajstić information content (AvgIpc) is 3.02. The van der Waals surface area contributed by atoms with E-state index in [9.17, 15) is 4.79 Å². The molecule has 4 rings (SSSR count). The quantitative estimate of drug-likeness (QED) is 0.422. The summed E-state index contributed by atoms with van der Waals surface area (Å²) in [6.07, 6.45) is 1.78. The van der Waals surface area contributed by atoms with Gasteiger partial charge in [0.2, 0.25) is 5.91 Å². The van der Waals surface area contributed by atoms with Gasteiger partial charge >= 0.3 is 0 Å². The molecule has 0 radical (unpaired) electrons. The number of amides is 1. The van der Waals surface area contributed by atoms with Crippen molar-refractivity contribution in [2.75, 3.05) is 0 Å². The lowest BCUT2D eigenvalue weighted by atomic mass is 9.97. The highest BCUT2D eigenvalue weighted by Gasteiger charge is 2.32. The molecule has 1 amide bonds. The Kier molecular flexibility index (Phi) is 4.47. The van der Waals surface area contributed by atoms with Crippen molar-refractivity contribution < 1.29 is 4.79 Å². The van der Waals surface area contributed by atoms with Gasteiger partial charge in [-0.1, -0.05) is 74.1 Å². The number of amidine groups is 1.